The number of hydrogen-bond acceptors (Lipinski definition) is 2. The van der Waals surface area contributed by atoms with Gasteiger partial charge in [-0.15, -0.1) is 0 Å². The van der Waals surface area contributed by atoms with E-state index in [9.17, 15) is 0 Å². The maximum Gasteiger partial charge on any atom is 0.0991 e. The molecule has 3 nitrogen and oxygen atoms in total. The van der Waals surface area contributed by atoms with E-state index >= 15 is 0 Å². The summed E-state index contributed by atoms with van der Waals surface area (Å²) in [5.74, 6) is 0. The minimum Gasteiger partial charge on any atom is -0.337 e. The van der Waals surface area contributed by atoms with Crippen LogP contribution >= 0.6 is 0 Å². The molecule has 0 fully saturated rings. The van der Waals surface area contributed by atoms with Crippen molar-refractivity contribution in [3.8, 4) is 17.3 Å². The first-order chi connectivity index (χ1) is 7.33. The number of aryl methyl sites for hydroxylation is 1. The van der Waals surface area contributed by atoms with Gasteiger partial charge in [0.1, 0.15) is 0 Å². The van der Waals surface area contributed by atoms with Gasteiger partial charge in [0.2, 0.25) is 0 Å². The largest absolute Gasteiger partial charge is 0.337 e. The van der Waals surface area contributed by atoms with Crippen LogP contribution in [0.3, 0.4) is 0 Å². The fourth-order valence-electron chi connectivity index (χ4n) is 1.43. The van der Waals surface area contributed by atoms with Gasteiger partial charge in [-0.05, 0) is 19.1 Å². The summed E-state index contributed by atoms with van der Waals surface area (Å²) in [5, 5.41) is 8.78. The van der Waals surface area contributed by atoms with Crippen molar-refractivity contribution in [1.29, 1.82) is 5.26 Å². The Hall–Kier alpha value is -2.08. The van der Waals surface area contributed by atoms with Gasteiger partial charge in [0, 0.05) is 18.3 Å². The highest BCUT2D eigenvalue weighted by Gasteiger charge is 2.01. The Morgan fingerprint density at radius 2 is 2.33 bits per heavy atom. The molecule has 1 aromatic carbocycles. The van der Waals surface area contributed by atoms with Crippen molar-refractivity contribution >= 4 is 0 Å². The molecule has 0 saturated carbocycles. The number of benzene rings is 1. The molecule has 74 valence electrons. The second-order valence-corrected chi connectivity index (χ2v) is 3.28. The molecule has 3 heteroatoms. The van der Waals surface area contributed by atoms with Crippen molar-refractivity contribution in [2.75, 3.05) is 0 Å². The van der Waals surface area contributed by atoms with Gasteiger partial charge >= 0.3 is 0 Å². The van der Waals surface area contributed by atoms with Gasteiger partial charge in [-0.3, -0.25) is 0 Å². The zero-order valence-electron chi connectivity index (χ0n) is 8.51. The van der Waals surface area contributed by atoms with Crippen LogP contribution in [0.2, 0.25) is 0 Å². The van der Waals surface area contributed by atoms with Gasteiger partial charge in [0.25, 0.3) is 0 Å². The molecule has 0 aliphatic rings. The highest BCUT2D eigenvalue weighted by atomic mass is 15.0. The second-order valence-electron chi connectivity index (χ2n) is 3.28. The van der Waals surface area contributed by atoms with Crippen molar-refractivity contribution in [3.63, 3.8) is 0 Å². The van der Waals surface area contributed by atoms with Crippen LogP contribution < -0.4 is 0 Å². The maximum atomic E-state index is 8.78. The van der Waals surface area contributed by atoms with E-state index < -0.39 is 0 Å². The normalized spacial score (nSPS) is 9.87. The standard InChI is InChI=1S/C12H11N3/c1-2-15-8-12(14-9-15)11-5-3-4-10(6-11)7-13/h3-6,8-9H,2H2,1H3. The predicted octanol–water partition coefficient (Wildman–Crippen LogP) is 2.44. The van der Waals surface area contributed by atoms with Crippen LogP contribution in [0.1, 0.15) is 12.5 Å². The summed E-state index contributed by atoms with van der Waals surface area (Å²) < 4.78 is 2.01. The summed E-state index contributed by atoms with van der Waals surface area (Å²) in [5.41, 5.74) is 2.56. The van der Waals surface area contributed by atoms with E-state index in [-0.39, 0.29) is 0 Å². The molecule has 0 bridgehead atoms. The molecule has 2 rings (SSSR count). The lowest BCUT2D eigenvalue weighted by molar-refractivity contribution is 0.762. The molecule has 0 radical (unpaired) electrons. The Balaban J connectivity index is 2.41. The van der Waals surface area contributed by atoms with Crippen LogP contribution in [-0.2, 0) is 6.54 Å². The Morgan fingerprint density at radius 3 is 3.00 bits per heavy atom. The Bertz CT molecular complexity index is 506. The molecule has 0 spiro atoms. The number of hydrogen-bond donors (Lipinski definition) is 0. The van der Waals surface area contributed by atoms with E-state index in [0.717, 1.165) is 17.8 Å². The lowest BCUT2D eigenvalue weighted by Gasteiger charge is -1.96. The number of aromatic nitrogens is 2. The van der Waals surface area contributed by atoms with Crippen molar-refractivity contribution in [2.24, 2.45) is 0 Å². The third-order valence-electron chi connectivity index (χ3n) is 2.29. The van der Waals surface area contributed by atoms with Crippen LogP contribution in [0.4, 0.5) is 0 Å². The van der Waals surface area contributed by atoms with Crippen LogP contribution in [0.5, 0.6) is 0 Å². The average molecular weight is 197 g/mol. The van der Waals surface area contributed by atoms with E-state index in [0.29, 0.717) is 5.56 Å². The molecule has 0 atom stereocenters. The minimum atomic E-state index is 0.665. The average Bonchev–Trinajstić information content (AvgIpc) is 2.78. The van der Waals surface area contributed by atoms with E-state index in [1.165, 1.54) is 0 Å². The summed E-state index contributed by atoms with van der Waals surface area (Å²) in [6, 6.07) is 9.60. The monoisotopic (exact) mass is 197 g/mol. The highest BCUT2D eigenvalue weighted by molar-refractivity contribution is 5.60. The van der Waals surface area contributed by atoms with Gasteiger partial charge in [0.05, 0.1) is 23.7 Å². The van der Waals surface area contributed by atoms with Gasteiger partial charge in [-0.2, -0.15) is 5.26 Å². The predicted molar refractivity (Wildman–Crippen MR) is 58.1 cm³/mol. The van der Waals surface area contributed by atoms with Crippen molar-refractivity contribution in [2.45, 2.75) is 13.5 Å². The van der Waals surface area contributed by atoms with E-state index in [4.69, 9.17) is 5.26 Å². The molecule has 0 N–H and O–H groups in total. The van der Waals surface area contributed by atoms with E-state index in [1.54, 1.807) is 12.4 Å². The third kappa shape index (κ3) is 1.89. The van der Waals surface area contributed by atoms with Crippen LogP contribution in [0, 0.1) is 11.3 Å². The van der Waals surface area contributed by atoms with Crippen molar-refractivity contribution in [1.82, 2.24) is 9.55 Å². The topological polar surface area (TPSA) is 41.6 Å². The molecular formula is C12H11N3. The van der Waals surface area contributed by atoms with E-state index in [1.807, 2.05) is 29.0 Å². The molecule has 15 heavy (non-hydrogen) atoms. The quantitative estimate of drug-likeness (QED) is 0.742. The van der Waals surface area contributed by atoms with Gasteiger partial charge in [0.15, 0.2) is 0 Å². The molecule has 0 aliphatic carbocycles. The lowest BCUT2D eigenvalue weighted by atomic mass is 10.1. The summed E-state index contributed by atoms with van der Waals surface area (Å²) in [4.78, 5) is 4.29. The smallest absolute Gasteiger partial charge is 0.0991 e. The number of imidazole rings is 1. The van der Waals surface area contributed by atoms with Crippen LogP contribution in [0.25, 0.3) is 11.3 Å². The van der Waals surface area contributed by atoms with Crippen molar-refractivity contribution in [3.05, 3.63) is 42.4 Å². The Kier molecular flexibility index (Phi) is 2.51. The molecule has 0 aliphatic heterocycles. The summed E-state index contributed by atoms with van der Waals surface area (Å²) in [7, 11) is 0. The summed E-state index contributed by atoms with van der Waals surface area (Å²) in [6.07, 6.45) is 3.78. The number of nitriles is 1. The fraction of sp³-hybridized carbons (Fsp3) is 0.167. The highest BCUT2D eigenvalue weighted by Crippen LogP contribution is 2.17. The van der Waals surface area contributed by atoms with Gasteiger partial charge in [-0.1, -0.05) is 12.1 Å². The first-order valence-corrected chi connectivity index (χ1v) is 4.86. The summed E-state index contributed by atoms with van der Waals surface area (Å²) in [6.45, 7) is 2.97. The third-order valence-corrected chi connectivity index (χ3v) is 2.29. The minimum absolute atomic E-state index is 0.665. The molecule has 0 amide bonds. The Morgan fingerprint density at radius 1 is 1.47 bits per heavy atom. The van der Waals surface area contributed by atoms with E-state index in [2.05, 4.69) is 18.0 Å². The lowest BCUT2D eigenvalue weighted by Crippen LogP contribution is -1.86. The Labute approximate surface area is 88.6 Å². The summed E-state index contributed by atoms with van der Waals surface area (Å²) >= 11 is 0. The first-order valence-electron chi connectivity index (χ1n) is 4.86. The SMILES string of the molecule is CCn1cnc(-c2cccc(C#N)c2)c1. The first kappa shape index (κ1) is 9.47. The second kappa shape index (κ2) is 3.97. The molecule has 0 unspecified atom stereocenters. The molecular weight excluding hydrogens is 186 g/mol. The number of rotatable bonds is 2. The zero-order valence-corrected chi connectivity index (χ0v) is 8.51. The molecule has 2 aromatic rings. The fourth-order valence-corrected chi connectivity index (χ4v) is 1.43. The molecule has 1 heterocycles. The van der Waals surface area contributed by atoms with Gasteiger partial charge < -0.3 is 4.57 Å². The van der Waals surface area contributed by atoms with Crippen LogP contribution in [0.15, 0.2) is 36.8 Å². The molecule has 0 saturated heterocycles. The maximum absolute atomic E-state index is 8.78. The number of nitrogens with zero attached hydrogens (tertiary/aromatic N) is 3. The van der Waals surface area contributed by atoms with Crippen molar-refractivity contribution < 1.29 is 0 Å². The molecule has 1 aromatic heterocycles. The van der Waals surface area contributed by atoms with Gasteiger partial charge in [-0.25, -0.2) is 4.98 Å². The zero-order chi connectivity index (χ0) is 10.7. The van der Waals surface area contributed by atoms with Crippen LogP contribution in [-0.4, -0.2) is 9.55 Å².